The molecule has 1 heterocycles. The van der Waals surface area contributed by atoms with Gasteiger partial charge in [0.15, 0.2) is 0 Å². The number of hydrogen-bond acceptors (Lipinski definition) is 2. The lowest BCUT2D eigenvalue weighted by atomic mass is 10.2. The number of aromatic nitrogens is 2. The van der Waals surface area contributed by atoms with Crippen molar-refractivity contribution in [1.82, 2.24) is 9.97 Å². The second-order valence-corrected chi connectivity index (χ2v) is 6.48. The highest BCUT2D eigenvalue weighted by molar-refractivity contribution is 7.98. The van der Waals surface area contributed by atoms with Gasteiger partial charge in [0.1, 0.15) is 0 Å². The van der Waals surface area contributed by atoms with Gasteiger partial charge in [0.2, 0.25) is 0 Å². The monoisotopic (exact) mass is 342 g/mol. The van der Waals surface area contributed by atoms with Crippen LogP contribution in [0.4, 0.5) is 0 Å². The molecule has 20 heavy (non-hydrogen) atoms. The van der Waals surface area contributed by atoms with Crippen molar-refractivity contribution >= 4 is 57.6 Å². The molecule has 1 aromatic heterocycles. The molecule has 0 aliphatic heterocycles. The van der Waals surface area contributed by atoms with Gasteiger partial charge in [-0.15, -0.1) is 11.8 Å². The first-order valence-corrected chi connectivity index (χ1v) is 7.95. The average Bonchev–Trinajstić information content (AvgIpc) is 2.87. The van der Waals surface area contributed by atoms with Crippen LogP contribution in [-0.2, 0) is 5.75 Å². The Kier molecular flexibility index (Phi) is 4.13. The molecule has 0 atom stereocenters. The van der Waals surface area contributed by atoms with Crippen LogP contribution in [0.5, 0.6) is 0 Å². The fourth-order valence-corrected chi connectivity index (χ4v) is 3.38. The summed E-state index contributed by atoms with van der Waals surface area (Å²) in [6.07, 6.45) is 1.66. The van der Waals surface area contributed by atoms with Gasteiger partial charge in [-0.2, -0.15) is 0 Å². The van der Waals surface area contributed by atoms with Gasteiger partial charge in [0.05, 0.1) is 32.4 Å². The Morgan fingerprint density at radius 2 is 1.85 bits per heavy atom. The van der Waals surface area contributed by atoms with Crippen LogP contribution in [0, 0.1) is 0 Å². The van der Waals surface area contributed by atoms with Gasteiger partial charge < -0.3 is 4.98 Å². The Morgan fingerprint density at radius 3 is 2.65 bits per heavy atom. The Labute approximate surface area is 135 Å². The number of rotatable bonds is 3. The Balaban J connectivity index is 1.82. The van der Waals surface area contributed by atoms with E-state index in [0.29, 0.717) is 15.1 Å². The summed E-state index contributed by atoms with van der Waals surface area (Å²) in [5.41, 5.74) is 2.95. The second-order valence-electron chi connectivity index (χ2n) is 4.24. The molecule has 3 aromatic rings. The van der Waals surface area contributed by atoms with E-state index >= 15 is 0 Å². The van der Waals surface area contributed by atoms with Crippen LogP contribution < -0.4 is 0 Å². The standard InChI is InChI=1S/C14H9Cl3N2S/c15-9-2-1-8(3-10(9)16)6-20-14-5-13-12(4-11(14)17)18-7-19-13/h1-5,7H,6H2,(H,18,19). The molecule has 0 fully saturated rings. The number of thioether (sulfide) groups is 1. The van der Waals surface area contributed by atoms with Crippen molar-refractivity contribution in [3.63, 3.8) is 0 Å². The van der Waals surface area contributed by atoms with Crippen LogP contribution >= 0.6 is 46.6 Å². The van der Waals surface area contributed by atoms with Gasteiger partial charge in [-0.3, -0.25) is 0 Å². The van der Waals surface area contributed by atoms with Crippen LogP contribution in [0.15, 0.2) is 41.6 Å². The molecule has 0 saturated carbocycles. The maximum Gasteiger partial charge on any atom is 0.0931 e. The molecule has 0 amide bonds. The minimum atomic E-state index is 0.566. The number of benzene rings is 2. The smallest absolute Gasteiger partial charge is 0.0931 e. The molecule has 0 radical (unpaired) electrons. The van der Waals surface area contributed by atoms with Crippen molar-refractivity contribution in [3.05, 3.63) is 57.3 Å². The normalized spacial score (nSPS) is 11.2. The van der Waals surface area contributed by atoms with E-state index in [4.69, 9.17) is 34.8 Å². The summed E-state index contributed by atoms with van der Waals surface area (Å²) in [6, 6.07) is 9.51. The Hall–Kier alpha value is -0.870. The van der Waals surface area contributed by atoms with Crippen LogP contribution in [0.3, 0.4) is 0 Å². The molecule has 3 rings (SSSR count). The third-order valence-electron chi connectivity index (χ3n) is 2.85. The van der Waals surface area contributed by atoms with Crippen molar-refractivity contribution in [2.24, 2.45) is 0 Å². The lowest BCUT2D eigenvalue weighted by molar-refractivity contribution is 1.34. The van der Waals surface area contributed by atoms with Gasteiger partial charge >= 0.3 is 0 Å². The molecule has 0 unspecified atom stereocenters. The van der Waals surface area contributed by atoms with Crippen molar-refractivity contribution < 1.29 is 0 Å². The zero-order valence-electron chi connectivity index (χ0n) is 10.2. The third-order valence-corrected chi connectivity index (χ3v) is 5.14. The summed E-state index contributed by atoms with van der Waals surface area (Å²) < 4.78 is 0. The number of nitrogens with zero attached hydrogens (tertiary/aromatic N) is 1. The van der Waals surface area contributed by atoms with Crippen molar-refractivity contribution in [1.29, 1.82) is 0 Å². The number of aromatic amines is 1. The number of hydrogen-bond donors (Lipinski definition) is 1. The SMILES string of the molecule is Clc1ccc(CSc2cc3nc[nH]c3cc2Cl)cc1Cl. The fourth-order valence-electron chi connectivity index (χ4n) is 1.84. The molecule has 2 aromatic carbocycles. The first-order valence-electron chi connectivity index (χ1n) is 5.83. The predicted octanol–water partition coefficient (Wildman–Crippen LogP) is 5.82. The molecular formula is C14H9Cl3N2S. The first-order chi connectivity index (χ1) is 9.63. The van der Waals surface area contributed by atoms with Crippen LogP contribution in [-0.4, -0.2) is 9.97 Å². The summed E-state index contributed by atoms with van der Waals surface area (Å²) in [6.45, 7) is 0. The molecule has 0 saturated heterocycles. The van der Waals surface area contributed by atoms with Crippen LogP contribution in [0.2, 0.25) is 15.1 Å². The number of fused-ring (bicyclic) bond motifs is 1. The van der Waals surface area contributed by atoms with Gasteiger partial charge in [0, 0.05) is 10.6 Å². The molecule has 0 aliphatic rings. The quantitative estimate of drug-likeness (QED) is 0.607. The van der Waals surface area contributed by atoms with Gasteiger partial charge in [-0.05, 0) is 29.8 Å². The maximum absolute atomic E-state index is 6.27. The van der Waals surface area contributed by atoms with Gasteiger partial charge in [-0.25, -0.2) is 4.98 Å². The number of halogens is 3. The molecule has 102 valence electrons. The predicted molar refractivity (Wildman–Crippen MR) is 87.1 cm³/mol. The topological polar surface area (TPSA) is 28.7 Å². The highest BCUT2D eigenvalue weighted by Gasteiger charge is 2.07. The molecular weight excluding hydrogens is 335 g/mol. The zero-order chi connectivity index (χ0) is 14.1. The van der Waals surface area contributed by atoms with E-state index in [1.165, 1.54) is 0 Å². The van der Waals surface area contributed by atoms with Crippen LogP contribution in [0.1, 0.15) is 5.56 Å². The van der Waals surface area contributed by atoms with Gasteiger partial charge in [0.25, 0.3) is 0 Å². The van der Waals surface area contributed by atoms with E-state index < -0.39 is 0 Å². The van der Waals surface area contributed by atoms with Crippen molar-refractivity contribution in [3.8, 4) is 0 Å². The number of imidazole rings is 1. The molecule has 6 heteroatoms. The van der Waals surface area contributed by atoms with Gasteiger partial charge in [-0.1, -0.05) is 40.9 Å². The summed E-state index contributed by atoms with van der Waals surface area (Å²) >= 11 is 19.8. The van der Waals surface area contributed by atoms with E-state index in [9.17, 15) is 0 Å². The lowest BCUT2D eigenvalue weighted by Crippen LogP contribution is -1.83. The average molecular weight is 344 g/mol. The molecule has 0 bridgehead atoms. The largest absolute Gasteiger partial charge is 0.345 e. The highest BCUT2D eigenvalue weighted by atomic mass is 35.5. The molecule has 2 nitrogen and oxygen atoms in total. The first kappa shape index (κ1) is 14.1. The number of H-pyrrole nitrogens is 1. The minimum Gasteiger partial charge on any atom is -0.345 e. The summed E-state index contributed by atoms with van der Waals surface area (Å²) in [5, 5.41) is 1.85. The fraction of sp³-hybridized carbons (Fsp3) is 0.0714. The second kappa shape index (κ2) is 5.86. The highest BCUT2D eigenvalue weighted by Crippen LogP contribution is 2.33. The summed E-state index contributed by atoms with van der Waals surface area (Å²) in [4.78, 5) is 8.27. The third kappa shape index (κ3) is 2.91. The Bertz CT molecular complexity index is 770. The van der Waals surface area contributed by atoms with E-state index in [1.807, 2.05) is 24.3 Å². The zero-order valence-corrected chi connectivity index (χ0v) is 13.2. The molecule has 0 spiro atoms. The summed E-state index contributed by atoms with van der Waals surface area (Å²) in [5.74, 6) is 0.770. The molecule has 1 N–H and O–H groups in total. The van der Waals surface area contributed by atoms with E-state index in [2.05, 4.69) is 9.97 Å². The lowest BCUT2D eigenvalue weighted by Gasteiger charge is -2.06. The van der Waals surface area contributed by atoms with Crippen LogP contribution in [0.25, 0.3) is 11.0 Å². The van der Waals surface area contributed by atoms with E-state index in [-0.39, 0.29) is 0 Å². The Morgan fingerprint density at radius 1 is 1.00 bits per heavy atom. The maximum atomic E-state index is 6.27. The van der Waals surface area contributed by atoms with Crippen molar-refractivity contribution in [2.45, 2.75) is 10.6 Å². The minimum absolute atomic E-state index is 0.566. The summed E-state index contributed by atoms with van der Waals surface area (Å²) in [7, 11) is 0. The van der Waals surface area contributed by atoms with Crippen molar-refractivity contribution in [2.75, 3.05) is 0 Å². The molecule has 0 aliphatic carbocycles. The van der Waals surface area contributed by atoms with E-state index in [0.717, 1.165) is 27.2 Å². The number of nitrogens with one attached hydrogen (secondary N) is 1. The van der Waals surface area contributed by atoms with E-state index in [1.54, 1.807) is 24.2 Å².